The molecule has 7 nitrogen and oxygen atoms in total. The van der Waals surface area contributed by atoms with Crippen LogP contribution in [0.25, 0.3) is 0 Å². The summed E-state index contributed by atoms with van der Waals surface area (Å²) >= 11 is 0. The van der Waals surface area contributed by atoms with Gasteiger partial charge in [-0.3, -0.25) is 9.59 Å². The van der Waals surface area contributed by atoms with Crippen LogP contribution >= 0.6 is 0 Å². The molecular weight excluding hydrogens is 350 g/mol. The zero-order valence-corrected chi connectivity index (χ0v) is 14.8. The number of Topliss-reactive ketones (excluding diaryl/α,β-unsaturated/α-hetero) is 1. The number of ketones is 1. The molecule has 27 heavy (non-hydrogen) atoms. The number of anilines is 1. The smallest absolute Gasteiger partial charge is 0.337 e. The molecular formula is C20H19NO6. The van der Waals surface area contributed by atoms with Crippen LogP contribution in [0.4, 0.5) is 5.69 Å². The molecule has 0 aromatic heterocycles. The first-order valence-electron chi connectivity index (χ1n) is 8.48. The predicted octanol–water partition coefficient (Wildman–Crippen LogP) is 2.85. The zero-order valence-electron chi connectivity index (χ0n) is 14.8. The minimum Gasteiger partial charge on any atom is -0.486 e. The van der Waals surface area contributed by atoms with Crippen LogP contribution in [0.15, 0.2) is 42.5 Å². The molecule has 3 rings (SSSR count). The highest BCUT2D eigenvalue weighted by molar-refractivity contribution is 6.00. The number of methoxy groups -OCH3 is 1. The van der Waals surface area contributed by atoms with E-state index in [2.05, 4.69) is 10.1 Å². The maximum atomic E-state index is 12.3. The maximum absolute atomic E-state index is 12.3. The molecule has 1 aliphatic heterocycles. The number of fused-ring (bicyclic) bond motifs is 1. The van der Waals surface area contributed by atoms with Crippen LogP contribution < -0.4 is 14.8 Å². The van der Waals surface area contributed by atoms with Crippen LogP contribution in [-0.2, 0) is 9.53 Å². The first-order valence-corrected chi connectivity index (χ1v) is 8.48. The lowest BCUT2D eigenvalue weighted by molar-refractivity contribution is -0.116. The van der Waals surface area contributed by atoms with Gasteiger partial charge in [-0.1, -0.05) is 0 Å². The molecule has 7 heteroatoms. The lowest BCUT2D eigenvalue weighted by atomic mass is 10.1. The van der Waals surface area contributed by atoms with Gasteiger partial charge in [-0.05, 0) is 42.5 Å². The Bertz CT molecular complexity index is 859. The first-order chi connectivity index (χ1) is 13.1. The topological polar surface area (TPSA) is 90.9 Å². The molecule has 0 saturated heterocycles. The third kappa shape index (κ3) is 4.63. The number of hydrogen-bond acceptors (Lipinski definition) is 6. The van der Waals surface area contributed by atoms with Crippen molar-refractivity contribution in [3.63, 3.8) is 0 Å². The number of benzene rings is 2. The Morgan fingerprint density at radius 3 is 2.30 bits per heavy atom. The average Bonchev–Trinajstić information content (AvgIpc) is 2.71. The van der Waals surface area contributed by atoms with E-state index in [4.69, 9.17) is 9.47 Å². The summed E-state index contributed by atoms with van der Waals surface area (Å²) in [6.45, 7) is 0.933. The molecule has 1 amide bonds. The Kier molecular flexibility index (Phi) is 5.71. The lowest BCUT2D eigenvalue weighted by Gasteiger charge is -2.18. The lowest BCUT2D eigenvalue weighted by Crippen LogP contribution is -2.16. The van der Waals surface area contributed by atoms with Gasteiger partial charge in [0.2, 0.25) is 5.91 Å². The number of amides is 1. The Labute approximate surface area is 156 Å². The Balaban J connectivity index is 1.53. The van der Waals surface area contributed by atoms with E-state index in [1.54, 1.807) is 42.5 Å². The van der Waals surface area contributed by atoms with Crippen molar-refractivity contribution < 1.29 is 28.6 Å². The minimum atomic E-state index is -0.446. The van der Waals surface area contributed by atoms with Crippen molar-refractivity contribution >= 4 is 23.3 Å². The number of nitrogens with one attached hydrogen (secondary N) is 1. The van der Waals surface area contributed by atoms with Crippen LogP contribution in [0, 0.1) is 0 Å². The minimum absolute atomic E-state index is 0.0476. The highest BCUT2D eigenvalue weighted by atomic mass is 16.6. The third-order valence-corrected chi connectivity index (χ3v) is 4.03. The number of carbonyl (C=O) groups excluding carboxylic acids is 3. The molecule has 0 aliphatic carbocycles. The summed E-state index contributed by atoms with van der Waals surface area (Å²) in [4.78, 5) is 35.8. The number of esters is 1. The quantitative estimate of drug-likeness (QED) is 0.622. The van der Waals surface area contributed by atoms with Gasteiger partial charge in [0.05, 0.1) is 12.7 Å². The van der Waals surface area contributed by atoms with Gasteiger partial charge in [-0.2, -0.15) is 0 Å². The zero-order chi connectivity index (χ0) is 19.2. The van der Waals surface area contributed by atoms with Crippen LogP contribution in [0.1, 0.15) is 33.6 Å². The average molecular weight is 369 g/mol. The second kappa shape index (κ2) is 8.35. The van der Waals surface area contributed by atoms with Crippen LogP contribution in [0.2, 0.25) is 0 Å². The van der Waals surface area contributed by atoms with Crippen molar-refractivity contribution in [1.29, 1.82) is 0 Å². The van der Waals surface area contributed by atoms with E-state index in [0.717, 1.165) is 0 Å². The van der Waals surface area contributed by atoms with E-state index in [1.807, 2.05) is 0 Å². The van der Waals surface area contributed by atoms with Crippen LogP contribution in [0.3, 0.4) is 0 Å². The van der Waals surface area contributed by atoms with E-state index in [0.29, 0.717) is 41.5 Å². The number of rotatable bonds is 6. The Hall–Kier alpha value is -3.35. The summed E-state index contributed by atoms with van der Waals surface area (Å²) in [5.74, 6) is 0.279. The fourth-order valence-electron chi connectivity index (χ4n) is 2.62. The third-order valence-electron chi connectivity index (χ3n) is 4.03. The summed E-state index contributed by atoms with van der Waals surface area (Å²) in [5.41, 5.74) is 1.41. The second-order valence-electron chi connectivity index (χ2n) is 5.90. The number of hydrogen-bond donors (Lipinski definition) is 1. The van der Waals surface area contributed by atoms with Crippen molar-refractivity contribution in [3.05, 3.63) is 53.6 Å². The molecule has 0 saturated carbocycles. The molecule has 2 aromatic carbocycles. The van der Waals surface area contributed by atoms with Crippen LogP contribution in [-0.4, -0.2) is 38.0 Å². The monoisotopic (exact) mass is 369 g/mol. The fraction of sp³-hybridized carbons (Fsp3) is 0.250. The molecule has 0 radical (unpaired) electrons. The van der Waals surface area contributed by atoms with Crippen molar-refractivity contribution in [3.8, 4) is 11.5 Å². The predicted molar refractivity (Wildman–Crippen MR) is 97.4 cm³/mol. The molecule has 140 valence electrons. The van der Waals surface area contributed by atoms with E-state index in [-0.39, 0.29) is 24.5 Å². The molecule has 1 aliphatic rings. The summed E-state index contributed by atoms with van der Waals surface area (Å²) < 4.78 is 15.5. The molecule has 0 atom stereocenters. The molecule has 1 N–H and O–H groups in total. The second-order valence-corrected chi connectivity index (χ2v) is 5.90. The van der Waals surface area contributed by atoms with Gasteiger partial charge >= 0.3 is 5.97 Å². The Morgan fingerprint density at radius 2 is 1.59 bits per heavy atom. The molecule has 0 unspecified atom stereocenters. The van der Waals surface area contributed by atoms with Crippen molar-refractivity contribution in [2.75, 3.05) is 25.6 Å². The maximum Gasteiger partial charge on any atom is 0.337 e. The fourth-order valence-corrected chi connectivity index (χ4v) is 2.62. The molecule has 0 fully saturated rings. The van der Waals surface area contributed by atoms with E-state index < -0.39 is 5.97 Å². The summed E-state index contributed by atoms with van der Waals surface area (Å²) in [5, 5.41) is 2.69. The largest absolute Gasteiger partial charge is 0.486 e. The molecule has 0 bridgehead atoms. The van der Waals surface area contributed by atoms with Gasteiger partial charge in [0.1, 0.15) is 13.2 Å². The highest BCUT2D eigenvalue weighted by Gasteiger charge is 2.16. The van der Waals surface area contributed by atoms with Gasteiger partial charge in [-0.15, -0.1) is 0 Å². The first kappa shape index (κ1) is 18.4. The van der Waals surface area contributed by atoms with E-state index in [1.165, 1.54) is 7.11 Å². The SMILES string of the molecule is COC(=O)c1ccc(NC(=O)CCC(=O)c2ccc3c(c2)OCCO3)cc1. The summed E-state index contributed by atoms with van der Waals surface area (Å²) in [6.07, 6.45) is 0.123. The Morgan fingerprint density at radius 1 is 0.926 bits per heavy atom. The number of carbonyl (C=O) groups is 3. The van der Waals surface area contributed by atoms with Gasteiger partial charge < -0.3 is 19.5 Å². The van der Waals surface area contributed by atoms with E-state index >= 15 is 0 Å². The van der Waals surface area contributed by atoms with Crippen molar-refractivity contribution in [2.24, 2.45) is 0 Å². The van der Waals surface area contributed by atoms with Crippen molar-refractivity contribution in [2.45, 2.75) is 12.8 Å². The van der Waals surface area contributed by atoms with E-state index in [9.17, 15) is 14.4 Å². The standard InChI is InChI=1S/C20H19NO6/c1-25-20(24)13-2-5-15(6-3-13)21-19(23)9-7-16(22)14-4-8-17-18(12-14)27-11-10-26-17/h2-6,8,12H,7,9-11H2,1H3,(H,21,23). The summed E-state index contributed by atoms with van der Waals surface area (Å²) in [7, 11) is 1.30. The molecule has 0 spiro atoms. The van der Waals surface area contributed by atoms with Gasteiger partial charge in [0.25, 0.3) is 0 Å². The number of ether oxygens (including phenoxy) is 3. The summed E-state index contributed by atoms with van der Waals surface area (Å²) in [6, 6.07) is 11.3. The van der Waals surface area contributed by atoms with Crippen LogP contribution in [0.5, 0.6) is 11.5 Å². The normalized spacial score (nSPS) is 12.2. The van der Waals surface area contributed by atoms with Crippen molar-refractivity contribution in [1.82, 2.24) is 0 Å². The van der Waals surface area contributed by atoms with Gasteiger partial charge in [-0.25, -0.2) is 4.79 Å². The molecule has 2 aromatic rings. The van der Waals surface area contributed by atoms with Gasteiger partial charge in [0, 0.05) is 24.1 Å². The van der Waals surface area contributed by atoms with Gasteiger partial charge in [0.15, 0.2) is 17.3 Å². The molecule has 1 heterocycles. The highest BCUT2D eigenvalue weighted by Crippen LogP contribution is 2.31.